The quantitative estimate of drug-likeness (QED) is 0.460. The van der Waals surface area contributed by atoms with E-state index >= 15 is 4.39 Å². The van der Waals surface area contributed by atoms with Gasteiger partial charge >= 0.3 is 0 Å². The van der Waals surface area contributed by atoms with E-state index < -0.39 is 9.84 Å². The van der Waals surface area contributed by atoms with Crippen LogP contribution in [-0.4, -0.2) is 50.5 Å². The minimum atomic E-state index is -3.03. The topological polar surface area (TPSA) is 63.7 Å². The van der Waals surface area contributed by atoms with Gasteiger partial charge in [0, 0.05) is 37.2 Å². The molecule has 1 aliphatic rings. The minimum absolute atomic E-state index is 0.00552. The fraction of sp³-hybridized carbons (Fsp3) is 0.708. The van der Waals surface area contributed by atoms with Gasteiger partial charge in [-0.2, -0.15) is 0 Å². The van der Waals surface area contributed by atoms with E-state index in [1.165, 1.54) is 0 Å². The molecule has 1 fully saturated rings. The molecule has 1 aromatic rings. The lowest BCUT2D eigenvalue weighted by Gasteiger charge is -2.38. The molecule has 0 N–H and O–H groups in total. The number of unbranched alkanes of at least 4 members (excludes halogenated alkanes) is 2. The second-order valence-corrected chi connectivity index (χ2v) is 11.7. The van der Waals surface area contributed by atoms with Gasteiger partial charge in [-0.3, -0.25) is 4.79 Å². The highest BCUT2D eigenvalue weighted by Gasteiger charge is 2.25. The number of anilines is 1. The smallest absolute Gasteiger partial charge is 0.152 e. The Morgan fingerprint density at radius 3 is 2.39 bits per heavy atom. The average molecular weight is 456 g/mol. The highest BCUT2D eigenvalue weighted by molar-refractivity contribution is 7.91. The van der Waals surface area contributed by atoms with E-state index in [2.05, 4.69) is 4.90 Å². The molecule has 5 nitrogen and oxygen atoms in total. The molecule has 2 atom stereocenters. The van der Waals surface area contributed by atoms with E-state index in [0.29, 0.717) is 43.2 Å². The summed E-state index contributed by atoms with van der Waals surface area (Å²) < 4.78 is 44.7. The van der Waals surface area contributed by atoms with Crippen LogP contribution in [0.15, 0.2) is 12.1 Å². The third-order valence-electron chi connectivity index (χ3n) is 5.90. The van der Waals surface area contributed by atoms with Crippen LogP contribution in [0.2, 0.25) is 0 Å². The Kier molecular flexibility index (Phi) is 9.49. The Bertz CT molecular complexity index is 843. The number of Topliss-reactive ketones (excluding diaryl/α,β-unsaturated/α-hetero) is 1. The molecule has 2 rings (SSSR count). The molecule has 1 aliphatic heterocycles. The Balaban J connectivity index is 1.94. The summed E-state index contributed by atoms with van der Waals surface area (Å²) in [5.74, 6) is -0.120. The summed E-state index contributed by atoms with van der Waals surface area (Å²) in [6.45, 7) is 10.8. The van der Waals surface area contributed by atoms with E-state index in [1.54, 1.807) is 19.9 Å². The summed E-state index contributed by atoms with van der Waals surface area (Å²) in [5.41, 5.74) is 2.00. The van der Waals surface area contributed by atoms with Gasteiger partial charge in [-0.15, -0.1) is 0 Å². The number of carbonyl (C=O) groups excluding carboxylic acids is 1. The largest absolute Gasteiger partial charge is 0.372 e. The van der Waals surface area contributed by atoms with Gasteiger partial charge in [-0.1, -0.05) is 19.4 Å². The Hall–Kier alpha value is -1.47. The third kappa shape index (κ3) is 7.28. The first-order chi connectivity index (χ1) is 14.5. The maximum absolute atomic E-state index is 15.2. The van der Waals surface area contributed by atoms with Gasteiger partial charge in [0.25, 0.3) is 0 Å². The molecule has 0 spiro atoms. The molecule has 0 saturated carbocycles. The zero-order valence-electron chi connectivity index (χ0n) is 19.6. The predicted molar refractivity (Wildman–Crippen MR) is 124 cm³/mol. The molecule has 1 saturated heterocycles. The highest BCUT2D eigenvalue weighted by atomic mass is 32.2. The molecule has 1 heterocycles. The van der Waals surface area contributed by atoms with E-state index in [4.69, 9.17) is 4.74 Å². The third-order valence-corrected chi connectivity index (χ3v) is 8.20. The van der Waals surface area contributed by atoms with Gasteiger partial charge in [0.2, 0.25) is 0 Å². The number of hydrogen-bond donors (Lipinski definition) is 0. The number of halogens is 1. The number of carbonyl (C=O) groups is 1. The summed E-state index contributed by atoms with van der Waals surface area (Å²) in [6.07, 6.45) is 3.06. The molecule has 7 heteroatoms. The lowest BCUT2D eigenvalue weighted by molar-refractivity contribution is -0.118. The number of hydrogen-bond acceptors (Lipinski definition) is 5. The predicted octanol–water partition coefficient (Wildman–Crippen LogP) is 4.50. The lowest BCUT2D eigenvalue weighted by atomic mass is 9.98. The Labute approximate surface area is 187 Å². The zero-order valence-corrected chi connectivity index (χ0v) is 20.4. The van der Waals surface area contributed by atoms with Gasteiger partial charge in [0.1, 0.15) is 11.6 Å². The van der Waals surface area contributed by atoms with Crippen LogP contribution in [-0.2, 0) is 32.2 Å². The number of rotatable bonds is 11. The van der Waals surface area contributed by atoms with Gasteiger partial charge in [0.15, 0.2) is 9.84 Å². The van der Waals surface area contributed by atoms with Crippen LogP contribution in [0.1, 0.15) is 71.4 Å². The lowest BCUT2D eigenvalue weighted by Crippen LogP contribution is -2.46. The first-order valence-corrected chi connectivity index (χ1v) is 13.2. The van der Waals surface area contributed by atoms with Crippen molar-refractivity contribution in [1.29, 1.82) is 0 Å². The number of benzene rings is 1. The van der Waals surface area contributed by atoms with Crippen molar-refractivity contribution in [3.8, 4) is 0 Å². The first kappa shape index (κ1) is 25.8. The van der Waals surface area contributed by atoms with Crippen LogP contribution in [0, 0.1) is 5.82 Å². The van der Waals surface area contributed by atoms with Crippen molar-refractivity contribution < 1.29 is 22.3 Å². The van der Waals surface area contributed by atoms with Crippen LogP contribution in [0.3, 0.4) is 0 Å². The molecular formula is C24H38FNO4S. The molecule has 0 aliphatic carbocycles. The number of nitrogens with zero attached hydrogens (tertiary/aromatic N) is 1. The normalized spacial score (nSPS) is 19.8. The molecule has 0 unspecified atom stereocenters. The fourth-order valence-corrected chi connectivity index (χ4v) is 5.22. The van der Waals surface area contributed by atoms with E-state index in [-0.39, 0.29) is 41.2 Å². The van der Waals surface area contributed by atoms with Crippen molar-refractivity contribution in [3.05, 3.63) is 29.1 Å². The summed E-state index contributed by atoms with van der Waals surface area (Å²) >= 11 is 0. The van der Waals surface area contributed by atoms with Crippen molar-refractivity contribution in [2.45, 2.75) is 90.6 Å². The first-order valence-electron chi connectivity index (χ1n) is 11.5. The van der Waals surface area contributed by atoms with Crippen LogP contribution in [0.25, 0.3) is 0 Å². The maximum atomic E-state index is 15.2. The fourth-order valence-electron chi connectivity index (χ4n) is 4.14. The summed E-state index contributed by atoms with van der Waals surface area (Å²) in [7, 11) is -3.03. The summed E-state index contributed by atoms with van der Waals surface area (Å²) in [6, 6.07) is 3.67. The number of ketones is 1. The van der Waals surface area contributed by atoms with Gasteiger partial charge in [0.05, 0.1) is 23.2 Å². The molecule has 0 radical (unpaired) electrons. The minimum Gasteiger partial charge on any atom is -0.372 e. The van der Waals surface area contributed by atoms with Gasteiger partial charge in [-0.05, 0) is 58.6 Å². The average Bonchev–Trinajstić information content (AvgIpc) is 2.68. The number of ether oxygens (including phenoxy) is 1. The van der Waals surface area contributed by atoms with Crippen molar-refractivity contribution in [2.24, 2.45) is 0 Å². The molecule has 0 aromatic heterocycles. The zero-order chi connectivity index (χ0) is 23.2. The maximum Gasteiger partial charge on any atom is 0.152 e. The molecule has 0 bridgehead atoms. The van der Waals surface area contributed by atoms with Gasteiger partial charge in [-0.25, -0.2) is 12.8 Å². The number of sulfone groups is 1. The van der Waals surface area contributed by atoms with Crippen LogP contribution in [0.5, 0.6) is 0 Å². The monoisotopic (exact) mass is 455 g/mol. The molecule has 1 aromatic carbocycles. The Morgan fingerprint density at radius 2 is 1.81 bits per heavy atom. The Morgan fingerprint density at radius 1 is 1.16 bits per heavy atom. The highest BCUT2D eigenvalue weighted by Crippen LogP contribution is 2.29. The summed E-state index contributed by atoms with van der Waals surface area (Å²) in [4.78, 5) is 14.6. The summed E-state index contributed by atoms with van der Waals surface area (Å²) in [5, 5.41) is -0.364. The van der Waals surface area contributed by atoms with Crippen LogP contribution in [0.4, 0.5) is 10.1 Å². The van der Waals surface area contributed by atoms with Crippen molar-refractivity contribution in [3.63, 3.8) is 0 Å². The standard InChI is InChI=1S/C24H38FNO4S/c1-6-22-23(26-15-18(4)30-19(5)16-26)12-11-20(24(22)25)14-21(27)10-8-7-9-13-31(28,29)17(2)3/h11-12,17-19H,6-10,13-16H2,1-5H3/t18-,19+. The molecule has 176 valence electrons. The van der Waals surface area contributed by atoms with Crippen molar-refractivity contribution in [2.75, 3.05) is 23.7 Å². The molecular weight excluding hydrogens is 417 g/mol. The molecule has 31 heavy (non-hydrogen) atoms. The van der Waals surface area contributed by atoms with Crippen LogP contribution < -0.4 is 4.90 Å². The van der Waals surface area contributed by atoms with E-state index in [9.17, 15) is 13.2 Å². The van der Waals surface area contributed by atoms with E-state index in [0.717, 1.165) is 18.8 Å². The van der Waals surface area contributed by atoms with Gasteiger partial charge < -0.3 is 9.64 Å². The number of morpholine rings is 1. The van der Waals surface area contributed by atoms with Crippen molar-refractivity contribution in [1.82, 2.24) is 0 Å². The van der Waals surface area contributed by atoms with E-state index in [1.807, 2.05) is 26.8 Å². The molecule has 0 amide bonds. The van der Waals surface area contributed by atoms with Crippen LogP contribution >= 0.6 is 0 Å². The second kappa shape index (κ2) is 11.4. The SMILES string of the molecule is CCc1c(N2C[C@@H](C)O[C@@H](C)C2)ccc(CC(=O)CCCCCS(=O)(=O)C(C)C)c1F. The van der Waals surface area contributed by atoms with Crippen molar-refractivity contribution >= 4 is 21.3 Å². The second-order valence-electron chi connectivity index (χ2n) is 8.99.